The molecule has 0 aromatic carbocycles. The Bertz CT molecular complexity index is 395. The van der Waals surface area contributed by atoms with Crippen LogP contribution in [0.25, 0.3) is 0 Å². The van der Waals surface area contributed by atoms with Gasteiger partial charge in [-0.05, 0) is 6.92 Å². The normalized spacial score (nSPS) is 10.0. The van der Waals surface area contributed by atoms with Gasteiger partial charge < -0.3 is 30.3 Å². The van der Waals surface area contributed by atoms with Crippen molar-refractivity contribution in [1.29, 1.82) is 0 Å². The Kier molecular flexibility index (Phi) is 9.34. The topological polar surface area (TPSA) is 186 Å². The number of carboxylic acids is 4. The first-order chi connectivity index (χ1) is 9.40. The quantitative estimate of drug-likeness (QED) is 0.379. The maximum atomic E-state index is 10.3. The van der Waals surface area contributed by atoms with Gasteiger partial charge in [-0.15, -0.1) is 0 Å². The van der Waals surface area contributed by atoms with Crippen LogP contribution in [0, 0.1) is 0 Å². The molecule has 0 aromatic heterocycles. The Hall–Kier alpha value is -2.49. The first kappa shape index (κ1) is 20.8. The number of ketones is 1. The van der Waals surface area contributed by atoms with Crippen LogP contribution >= 0.6 is 0 Å². The van der Waals surface area contributed by atoms with Crippen LogP contribution in [-0.4, -0.2) is 60.8 Å². The maximum absolute atomic E-state index is 10.3. The second-order valence-corrected chi connectivity index (χ2v) is 4.07. The van der Waals surface area contributed by atoms with Crippen LogP contribution in [0.1, 0.15) is 32.6 Å². The zero-order chi connectivity index (χ0) is 17.2. The van der Waals surface area contributed by atoms with Crippen molar-refractivity contribution in [3.05, 3.63) is 0 Å². The summed E-state index contributed by atoms with van der Waals surface area (Å²) in [5.74, 6) is -6.01. The molecule has 0 heterocycles. The van der Waals surface area contributed by atoms with Crippen molar-refractivity contribution in [2.45, 2.75) is 38.2 Å². The minimum atomic E-state index is -2.74. The Morgan fingerprint density at radius 2 is 1.14 bits per heavy atom. The lowest BCUT2D eigenvalue weighted by Gasteiger charge is -2.18. The molecule has 10 heteroatoms. The Morgan fingerprint density at radius 1 is 0.762 bits per heavy atom. The van der Waals surface area contributed by atoms with Gasteiger partial charge in [-0.1, -0.05) is 0 Å². The van der Waals surface area contributed by atoms with Gasteiger partial charge in [-0.25, -0.2) is 4.79 Å². The average Bonchev–Trinajstić information content (AvgIpc) is 2.24. The summed E-state index contributed by atoms with van der Waals surface area (Å²) in [5.41, 5.74) is -2.74. The number of hydrogen-bond donors (Lipinski definition) is 5. The van der Waals surface area contributed by atoms with Crippen LogP contribution in [0.2, 0.25) is 0 Å². The predicted octanol–water partition coefficient (Wildman–Crippen LogP) is -0.808. The van der Waals surface area contributed by atoms with E-state index in [-0.39, 0.29) is 18.6 Å². The molecule has 0 atom stereocenters. The summed E-state index contributed by atoms with van der Waals surface area (Å²) in [6, 6.07) is 0. The molecule has 0 fully saturated rings. The number of carbonyl (C=O) groups is 5. The first-order valence-electron chi connectivity index (χ1n) is 5.51. The summed E-state index contributed by atoms with van der Waals surface area (Å²) in [6.45, 7) is 1.38. The first-order valence-corrected chi connectivity index (χ1v) is 5.51. The Morgan fingerprint density at radius 3 is 1.29 bits per heavy atom. The third kappa shape index (κ3) is 12.3. The van der Waals surface area contributed by atoms with Crippen molar-refractivity contribution in [2.75, 3.05) is 0 Å². The molecule has 10 nitrogen and oxygen atoms in total. The van der Waals surface area contributed by atoms with Gasteiger partial charge in [-0.2, -0.15) is 0 Å². The fraction of sp³-hybridized carbons (Fsp3) is 0.545. The molecule has 5 N–H and O–H groups in total. The molecule has 21 heavy (non-hydrogen) atoms. The third-order valence-electron chi connectivity index (χ3n) is 1.98. The van der Waals surface area contributed by atoms with Crippen molar-refractivity contribution >= 4 is 29.7 Å². The van der Waals surface area contributed by atoms with E-state index in [1.165, 1.54) is 6.92 Å². The monoisotopic (exact) mass is 308 g/mol. The number of carboxylic acid groups (broad SMARTS) is 4. The Balaban J connectivity index is 0. The van der Waals surface area contributed by atoms with E-state index in [4.69, 9.17) is 25.5 Å². The summed E-state index contributed by atoms with van der Waals surface area (Å²) in [4.78, 5) is 50.3. The van der Waals surface area contributed by atoms with Crippen molar-refractivity contribution in [3.63, 3.8) is 0 Å². The number of aliphatic hydroxyl groups is 1. The number of aliphatic carboxylic acids is 4. The molecule has 0 saturated carbocycles. The van der Waals surface area contributed by atoms with Gasteiger partial charge in [-0.3, -0.25) is 14.4 Å². The van der Waals surface area contributed by atoms with Crippen LogP contribution in [0.15, 0.2) is 0 Å². The molecule has 0 saturated heterocycles. The van der Waals surface area contributed by atoms with E-state index >= 15 is 0 Å². The molecule has 0 aliphatic rings. The van der Waals surface area contributed by atoms with Gasteiger partial charge >= 0.3 is 23.9 Å². The lowest BCUT2D eigenvalue weighted by atomic mass is 9.96. The van der Waals surface area contributed by atoms with Gasteiger partial charge in [0, 0.05) is 6.42 Å². The molecule has 0 aromatic rings. The highest BCUT2D eigenvalue weighted by molar-refractivity contribution is 5.88. The molecular weight excluding hydrogens is 292 g/mol. The van der Waals surface area contributed by atoms with Gasteiger partial charge in [0.1, 0.15) is 5.78 Å². The smallest absolute Gasteiger partial charge is 0.336 e. The zero-order valence-corrected chi connectivity index (χ0v) is 11.1. The minimum absolute atomic E-state index is 0.0463. The van der Waals surface area contributed by atoms with Crippen LogP contribution < -0.4 is 0 Å². The van der Waals surface area contributed by atoms with E-state index in [0.717, 1.165) is 0 Å². The molecule has 0 aliphatic heterocycles. The van der Waals surface area contributed by atoms with Gasteiger partial charge in [0.2, 0.25) is 0 Å². The zero-order valence-electron chi connectivity index (χ0n) is 11.1. The van der Waals surface area contributed by atoms with Gasteiger partial charge in [0.05, 0.1) is 19.3 Å². The van der Waals surface area contributed by atoms with Crippen LogP contribution in [0.4, 0.5) is 0 Å². The average molecular weight is 308 g/mol. The molecule has 120 valence electrons. The van der Waals surface area contributed by atoms with E-state index in [9.17, 15) is 24.0 Å². The molecule has 0 bridgehead atoms. The maximum Gasteiger partial charge on any atom is 0.336 e. The highest BCUT2D eigenvalue weighted by atomic mass is 16.4. The lowest BCUT2D eigenvalue weighted by Crippen LogP contribution is -2.42. The molecule has 0 radical (unpaired) electrons. The van der Waals surface area contributed by atoms with Crippen LogP contribution in [0.3, 0.4) is 0 Å². The van der Waals surface area contributed by atoms with Crippen molar-refractivity contribution < 1.29 is 49.5 Å². The van der Waals surface area contributed by atoms with Crippen molar-refractivity contribution in [1.82, 2.24) is 0 Å². The fourth-order valence-corrected chi connectivity index (χ4v) is 0.997. The third-order valence-corrected chi connectivity index (χ3v) is 1.98. The van der Waals surface area contributed by atoms with E-state index < -0.39 is 42.3 Å². The summed E-state index contributed by atoms with van der Waals surface area (Å²) < 4.78 is 0. The standard InChI is InChI=1S/C6H8O7.C5H8O3/c7-3(8)1-6(13,5(11)12)2-4(9)10;1-4(6)2-3-5(7)8/h13H,1-2H2,(H,7,8)(H,9,10)(H,11,12);2-3H2,1H3,(H,7,8). The van der Waals surface area contributed by atoms with Crippen LogP contribution in [-0.2, 0) is 24.0 Å². The van der Waals surface area contributed by atoms with Crippen molar-refractivity contribution in [3.8, 4) is 0 Å². The van der Waals surface area contributed by atoms with Crippen LogP contribution in [0.5, 0.6) is 0 Å². The van der Waals surface area contributed by atoms with Gasteiger partial charge in [0.15, 0.2) is 5.60 Å². The summed E-state index contributed by atoms with van der Waals surface area (Å²) in [5, 5.41) is 41.8. The summed E-state index contributed by atoms with van der Waals surface area (Å²) >= 11 is 0. The second kappa shape index (κ2) is 9.42. The molecule has 0 amide bonds. The molecule has 0 rings (SSSR count). The number of hydrogen-bond acceptors (Lipinski definition) is 6. The molecule has 0 unspecified atom stereocenters. The van der Waals surface area contributed by atoms with Gasteiger partial charge in [0.25, 0.3) is 0 Å². The summed E-state index contributed by atoms with van der Waals surface area (Å²) in [7, 11) is 0. The molecule has 0 aliphatic carbocycles. The minimum Gasteiger partial charge on any atom is -0.481 e. The van der Waals surface area contributed by atoms with Crippen molar-refractivity contribution in [2.24, 2.45) is 0 Å². The lowest BCUT2D eigenvalue weighted by molar-refractivity contribution is -0.170. The summed E-state index contributed by atoms with van der Waals surface area (Å²) in [6.07, 6.45) is -2.19. The van der Waals surface area contributed by atoms with E-state index in [0.29, 0.717) is 0 Å². The highest BCUT2D eigenvalue weighted by Crippen LogP contribution is 2.15. The largest absolute Gasteiger partial charge is 0.481 e. The predicted molar refractivity (Wildman–Crippen MR) is 64.6 cm³/mol. The SMILES string of the molecule is CC(=O)CCC(=O)O.O=C(O)CC(O)(CC(=O)O)C(=O)O. The molecular formula is C11H16O10. The highest BCUT2D eigenvalue weighted by Gasteiger charge is 2.40. The number of Topliss-reactive ketones (excluding diaryl/α,β-unsaturated/α-hetero) is 1. The number of rotatable bonds is 8. The fourth-order valence-electron chi connectivity index (χ4n) is 0.997. The molecule has 0 spiro atoms. The number of carbonyl (C=O) groups excluding carboxylic acids is 1. The Labute approximate surface area is 118 Å². The van der Waals surface area contributed by atoms with E-state index in [1.54, 1.807) is 0 Å². The van der Waals surface area contributed by atoms with E-state index in [1.807, 2.05) is 0 Å². The second-order valence-electron chi connectivity index (χ2n) is 4.07. The van der Waals surface area contributed by atoms with E-state index in [2.05, 4.69) is 0 Å².